The van der Waals surface area contributed by atoms with Gasteiger partial charge in [0.15, 0.2) is 0 Å². The molecule has 0 bridgehead atoms. The van der Waals surface area contributed by atoms with Gasteiger partial charge in [-0.25, -0.2) is 4.90 Å². The second-order valence-corrected chi connectivity index (χ2v) is 5.94. The van der Waals surface area contributed by atoms with E-state index in [1.807, 2.05) is 43.3 Å². The summed E-state index contributed by atoms with van der Waals surface area (Å²) in [5.74, 6) is -0.407. The van der Waals surface area contributed by atoms with Gasteiger partial charge in [-0.2, -0.15) is 0 Å². The SMILES string of the molecule is COCc1cccc(N[C@@H]2CC(=O)N(c3ccc(C)cc3)C2=O)c1. The van der Waals surface area contributed by atoms with Crippen LogP contribution in [0.15, 0.2) is 48.5 Å². The molecule has 0 radical (unpaired) electrons. The van der Waals surface area contributed by atoms with Crippen molar-refractivity contribution in [2.24, 2.45) is 0 Å². The average Bonchev–Trinajstić information content (AvgIpc) is 2.83. The molecule has 1 fully saturated rings. The maximum atomic E-state index is 12.6. The molecule has 1 heterocycles. The molecule has 2 amide bonds. The van der Waals surface area contributed by atoms with Crippen LogP contribution in [0, 0.1) is 6.92 Å². The van der Waals surface area contributed by atoms with E-state index in [4.69, 9.17) is 4.74 Å². The van der Waals surface area contributed by atoms with Crippen molar-refractivity contribution in [3.63, 3.8) is 0 Å². The fourth-order valence-corrected chi connectivity index (χ4v) is 2.83. The molecule has 124 valence electrons. The Morgan fingerprint density at radius 2 is 1.92 bits per heavy atom. The zero-order valence-corrected chi connectivity index (χ0v) is 13.8. The summed E-state index contributed by atoms with van der Waals surface area (Å²) in [6.45, 7) is 2.47. The standard InChI is InChI=1S/C19H20N2O3/c1-13-6-8-16(9-7-13)21-18(22)11-17(19(21)23)20-15-5-3-4-14(10-15)12-24-2/h3-10,17,20H,11-12H2,1-2H3/t17-/m1/s1. The highest BCUT2D eigenvalue weighted by molar-refractivity contribution is 6.23. The maximum Gasteiger partial charge on any atom is 0.256 e. The van der Waals surface area contributed by atoms with Crippen molar-refractivity contribution in [1.29, 1.82) is 0 Å². The molecule has 1 aliphatic heterocycles. The summed E-state index contributed by atoms with van der Waals surface area (Å²) < 4.78 is 5.12. The molecule has 5 nitrogen and oxygen atoms in total. The number of benzene rings is 2. The van der Waals surface area contributed by atoms with E-state index in [9.17, 15) is 9.59 Å². The summed E-state index contributed by atoms with van der Waals surface area (Å²) in [6, 6.07) is 14.5. The number of anilines is 2. The second kappa shape index (κ2) is 6.84. The van der Waals surface area contributed by atoms with Crippen molar-refractivity contribution in [3.8, 4) is 0 Å². The largest absolute Gasteiger partial charge is 0.380 e. The molecule has 2 aromatic carbocycles. The van der Waals surface area contributed by atoms with Crippen molar-refractivity contribution in [3.05, 3.63) is 59.7 Å². The van der Waals surface area contributed by atoms with Gasteiger partial charge in [0.2, 0.25) is 5.91 Å². The van der Waals surface area contributed by atoms with Crippen molar-refractivity contribution < 1.29 is 14.3 Å². The zero-order chi connectivity index (χ0) is 17.1. The molecule has 2 aromatic rings. The molecule has 24 heavy (non-hydrogen) atoms. The highest BCUT2D eigenvalue weighted by atomic mass is 16.5. The highest BCUT2D eigenvalue weighted by Crippen LogP contribution is 2.25. The summed E-state index contributed by atoms with van der Waals surface area (Å²) in [6.07, 6.45) is 0.154. The first-order valence-corrected chi connectivity index (χ1v) is 7.86. The summed E-state index contributed by atoms with van der Waals surface area (Å²) in [5.41, 5.74) is 3.52. The van der Waals surface area contributed by atoms with Crippen LogP contribution in [-0.2, 0) is 20.9 Å². The van der Waals surface area contributed by atoms with Crippen molar-refractivity contribution in [2.75, 3.05) is 17.3 Å². The van der Waals surface area contributed by atoms with Crippen LogP contribution in [0.4, 0.5) is 11.4 Å². The average molecular weight is 324 g/mol. The van der Waals surface area contributed by atoms with E-state index in [-0.39, 0.29) is 18.2 Å². The number of aryl methyl sites for hydroxylation is 1. The van der Waals surface area contributed by atoms with E-state index < -0.39 is 6.04 Å². The number of imide groups is 1. The van der Waals surface area contributed by atoms with Crippen LogP contribution in [0.3, 0.4) is 0 Å². The van der Waals surface area contributed by atoms with Crippen LogP contribution in [0.5, 0.6) is 0 Å². The second-order valence-electron chi connectivity index (χ2n) is 5.94. The number of hydrogen-bond donors (Lipinski definition) is 1. The molecule has 0 spiro atoms. The van der Waals surface area contributed by atoms with Gasteiger partial charge >= 0.3 is 0 Å². The molecule has 1 saturated heterocycles. The van der Waals surface area contributed by atoms with Gasteiger partial charge in [0.1, 0.15) is 6.04 Å². The molecule has 3 rings (SSSR count). The van der Waals surface area contributed by atoms with E-state index in [0.717, 1.165) is 16.8 Å². The predicted octanol–water partition coefficient (Wildman–Crippen LogP) is 2.89. The topological polar surface area (TPSA) is 58.6 Å². The Balaban J connectivity index is 1.76. The van der Waals surface area contributed by atoms with Crippen molar-refractivity contribution in [1.82, 2.24) is 0 Å². The third-order valence-electron chi connectivity index (χ3n) is 4.02. The highest BCUT2D eigenvalue weighted by Gasteiger charge is 2.39. The van der Waals surface area contributed by atoms with E-state index >= 15 is 0 Å². The molecule has 1 N–H and O–H groups in total. The number of ether oxygens (including phenoxy) is 1. The van der Waals surface area contributed by atoms with Crippen LogP contribution in [0.25, 0.3) is 0 Å². The number of rotatable bonds is 5. The van der Waals surface area contributed by atoms with Crippen LogP contribution >= 0.6 is 0 Å². The Labute approximate surface area is 141 Å². The first-order chi connectivity index (χ1) is 11.6. The van der Waals surface area contributed by atoms with Gasteiger partial charge in [0.05, 0.1) is 18.7 Å². The van der Waals surface area contributed by atoms with Gasteiger partial charge in [-0.15, -0.1) is 0 Å². The van der Waals surface area contributed by atoms with Gasteiger partial charge in [-0.05, 0) is 36.8 Å². The smallest absolute Gasteiger partial charge is 0.256 e. The van der Waals surface area contributed by atoms with Gasteiger partial charge in [0.25, 0.3) is 5.91 Å². The van der Waals surface area contributed by atoms with Crippen LogP contribution in [-0.4, -0.2) is 25.0 Å². The molecule has 5 heteroatoms. The first-order valence-electron chi connectivity index (χ1n) is 7.86. The number of nitrogens with zero attached hydrogens (tertiary/aromatic N) is 1. The van der Waals surface area contributed by atoms with Crippen LogP contribution in [0.2, 0.25) is 0 Å². The number of amides is 2. The lowest BCUT2D eigenvalue weighted by molar-refractivity contribution is -0.121. The van der Waals surface area contributed by atoms with E-state index in [2.05, 4.69) is 5.32 Å². The molecule has 0 saturated carbocycles. The third-order valence-corrected chi connectivity index (χ3v) is 4.02. The lowest BCUT2D eigenvalue weighted by Gasteiger charge is -2.16. The molecular weight excluding hydrogens is 304 g/mol. The molecule has 0 aromatic heterocycles. The van der Waals surface area contributed by atoms with Crippen LogP contribution < -0.4 is 10.2 Å². The van der Waals surface area contributed by atoms with E-state index in [1.54, 1.807) is 19.2 Å². The Morgan fingerprint density at radius 1 is 1.17 bits per heavy atom. The normalized spacial score (nSPS) is 17.4. The summed E-state index contributed by atoms with van der Waals surface area (Å²) >= 11 is 0. The fourth-order valence-electron chi connectivity index (χ4n) is 2.83. The molecule has 0 aliphatic carbocycles. The minimum Gasteiger partial charge on any atom is -0.380 e. The summed E-state index contributed by atoms with van der Waals surface area (Å²) in [7, 11) is 1.64. The number of carbonyl (C=O) groups excluding carboxylic acids is 2. The quantitative estimate of drug-likeness (QED) is 0.859. The lowest BCUT2D eigenvalue weighted by Crippen LogP contribution is -2.34. The predicted molar refractivity (Wildman–Crippen MR) is 92.9 cm³/mol. The van der Waals surface area contributed by atoms with Gasteiger partial charge in [0, 0.05) is 12.8 Å². The van der Waals surface area contributed by atoms with Gasteiger partial charge in [-0.3, -0.25) is 9.59 Å². The minimum absolute atomic E-state index is 0.154. The number of nitrogens with one attached hydrogen (secondary N) is 1. The van der Waals surface area contributed by atoms with Gasteiger partial charge in [-0.1, -0.05) is 29.8 Å². The summed E-state index contributed by atoms with van der Waals surface area (Å²) in [5, 5.41) is 3.16. The van der Waals surface area contributed by atoms with Gasteiger partial charge < -0.3 is 10.1 Å². The van der Waals surface area contributed by atoms with E-state index in [1.165, 1.54) is 4.90 Å². The number of carbonyl (C=O) groups is 2. The van der Waals surface area contributed by atoms with Crippen LogP contribution in [0.1, 0.15) is 17.5 Å². The molecule has 1 aliphatic rings. The number of methoxy groups -OCH3 is 1. The Hall–Kier alpha value is -2.66. The lowest BCUT2D eigenvalue weighted by atomic mass is 10.2. The monoisotopic (exact) mass is 324 g/mol. The Kier molecular flexibility index (Phi) is 4.62. The Bertz CT molecular complexity index is 755. The Morgan fingerprint density at radius 3 is 2.62 bits per heavy atom. The van der Waals surface area contributed by atoms with Crippen molar-refractivity contribution in [2.45, 2.75) is 26.0 Å². The molecule has 0 unspecified atom stereocenters. The van der Waals surface area contributed by atoms with Crippen molar-refractivity contribution >= 4 is 23.2 Å². The zero-order valence-electron chi connectivity index (χ0n) is 13.8. The summed E-state index contributed by atoms with van der Waals surface area (Å²) in [4.78, 5) is 26.2. The first kappa shape index (κ1) is 16.2. The maximum absolute atomic E-state index is 12.6. The number of hydrogen-bond acceptors (Lipinski definition) is 4. The molecule has 1 atom stereocenters. The fraction of sp³-hybridized carbons (Fsp3) is 0.263. The molecular formula is C19H20N2O3. The third kappa shape index (κ3) is 3.31. The van der Waals surface area contributed by atoms with E-state index in [0.29, 0.717) is 12.3 Å². The minimum atomic E-state index is -0.545.